The second-order valence-corrected chi connectivity index (χ2v) is 5.18. The summed E-state index contributed by atoms with van der Waals surface area (Å²) in [6, 6.07) is 0. The summed E-state index contributed by atoms with van der Waals surface area (Å²) < 4.78 is 12.9. The van der Waals surface area contributed by atoms with E-state index in [1.165, 1.54) is 11.8 Å². The predicted octanol–water partition coefficient (Wildman–Crippen LogP) is 1.79. The first-order valence-corrected chi connectivity index (χ1v) is 5.56. The Morgan fingerprint density at radius 2 is 2.67 bits per heavy atom. The Morgan fingerprint density at radius 3 is 3.25 bits per heavy atom. The molecule has 0 saturated carbocycles. The number of rotatable bonds is 3. The van der Waals surface area contributed by atoms with Gasteiger partial charge in [0.1, 0.15) is 0 Å². The van der Waals surface area contributed by atoms with Gasteiger partial charge in [0.25, 0.3) is 0 Å². The Morgan fingerprint density at radius 1 is 1.83 bits per heavy atom. The summed E-state index contributed by atoms with van der Waals surface area (Å²) in [5, 5.41) is 0.319. The topological polar surface area (TPSA) is 20.3 Å². The van der Waals surface area contributed by atoms with E-state index in [-0.39, 0.29) is 12.6 Å². The van der Waals surface area contributed by atoms with Gasteiger partial charge in [0.2, 0.25) is 5.91 Å². The minimum Gasteiger partial charge on any atom is -0.304 e. The Kier molecular flexibility index (Phi) is 2.32. The van der Waals surface area contributed by atoms with E-state index >= 15 is 0 Å². The molecule has 2 heterocycles. The minimum atomic E-state index is -0.304. The van der Waals surface area contributed by atoms with E-state index < -0.39 is 0 Å². The first-order valence-electron chi connectivity index (χ1n) is 3.69. The van der Waals surface area contributed by atoms with Crippen molar-refractivity contribution in [2.75, 3.05) is 12.4 Å². The van der Waals surface area contributed by atoms with Crippen molar-refractivity contribution in [1.29, 1.82) is 0 Å². The molecule has 2 nitrogen and oxygen atoms in total. The zero-order chi connectivity index (χ0) is 8.55. The van der Waals surface area contributed by atoms with Gasteiger partial charge >= 0.3 is 0 Å². The van der Waals surface area contributed by atoms with Crippen LogP contribution in [-0.2, 0) is 4.79 Å². The molecule has 1 amide bonds. The number of β-lactam (4-membered cyclic amide) rings is 1. The Labute approximate surface area is 78.6 Å². The highest BCUT2D eigenvalue weighted by Crippen LogP contribution is 2.45. The third kappa shape index (κ3) is 1.35. The lowest BCUT2D eigenvalue weighted by atomic mass is 10.2. The summed E-state index contributed by atoms with van der Waals surface area (Å²) in [6.07, 6.45) is 2.47. The molecule has 0 aromatic rings. The van der Waals surface area contributed by atoms with E-state index in [2.05, 4.69) is 0 Å². The van der Waals surface area contributed by atoms with Crippen molar-refractivity contribution in [2.45, 2.75) is 11.8 Å². The van der Waals surface area contributed by atoms with Gasteiger partial charge in [-0.05, 0) is 0 Å². The highest BCUT2D eigenvalue weighted by molar-refractivity contribution is 8.22. The van der Waals surface area contributed by atoms with Gasteiger partial charge in [-0.3, -0.25) is 9.18 Å². The molecule has 0 spiro atoms. The van der Waals surface area contributed by atoms with Gasteiger partial charge in [-0.15, -0.1) is 11.8 Å². The van der Waals surface area contributed by atoms with E-state index in [1.807, 2.05) is 6.20 Å². The average Bonchev–Trinajstić information content (AvgIpc) is 2.39. The van der Waals surface area contributed by atoms with Crippen LogP contribution in [0.4, 0.5) is 4.39 Å². The third-order valence-electron chi connectivity index (χ3n) is 1.77. The highest BCUT2D eigenvalue weighted by Gasteiger charge is 2.40. The lowest BCUT2D eigenvalue weighted by molar-refractivity contribution is -0.137. The molecule has 1 saturated heterocycles. The maximum Gasteiger partial charge on any atom is 0.230 e. The molecule has 2 aliphatic rings. The van der Waals surface area contributed by atoms with E-state index in [1.54, 1.807) is 16.7 Å². The molecule has 2 rings (SSSR count). The van der Waals surface area contributed by atoms with Crippen LogP contribution >= 0.6 is 23.5 Å². The lowest BCUT2D eigenvalue weighted by Gasteiger charge is -2.31. The maximum atomic E-state index is 11.8. The maximum absolute atomic E-state index is 11.8. The molecule has 0 unspecified atom stereocenters. The largest absolute Gasteiger partial charge is 0.304 e. The second-order valence-electron chi connectivity index (χ2n) is 2.56. The summed E-state index contributed by atoms with van der Waals surface area (Å²) in [7, 11) is 0. The molecule has 1 fully saturated rings. The van der Waals surface area contributed by atoms with E-state index in [4.69, 9.17) is 0 Å². The van der Waals surface area contributed by atoms with Crippen molar-refractivity contribution in [3.63, 3.8) is 0 Å². The van der Waals surface area contributed by atoms with Gasteiger partial charge in [-0.2, -0.15) is 0 Å². The first kappa shape index (κ1) is 8.44. The van der Waals surface area contributed by atoms with Gasteiger partial charge in [-0.1, -0.05) is 11.8 Å². The van der Waals surface area contributed by atoms with Crippen molar-refractivity contribution in [2.24, 2.45) is 0 Å². The van der Waals surface area contributed by atoms with Crippen molar-refractivity contribution in [3.05, 3.63) is 10.4 Å². The number of carbonyl (C=O) groups excluding carboxylic acids is 1. The number of hydrogen-bond acceptors (Lipinski definition) is 3. The van der Waals surface area contributed by atoms with Crippen LogP contribution in [0.5, 0.6) is 0 Å². The van der Waals surface area contributed by atoms with Gasteiger partial charge in [0.05, 0.1) is 22.7 Å². The smallest absolute Gasteiger partial charge is 0.230 e. The Hall–Kier alpha value is -0.160. The Balaban J connectivity index is 1.89. The quantitative estimate of drug-likeness (QED) is 0.655. The number of thioether (sulfide) groups is 2. The number of nitrogens with zero attached hydrogens (tertiary/aromatic N) is 1. The van der Waals surface area contributed by atoms with E-state index in [0.29, 0.717) is 17.5 Å². The van der Waals surface area contributed by atoms with Crippen LogP contribution in [0, 0.1) is 0 Å². The molecule has 5 heteroatoms. The second kappa shape index (κ2) is 3.30. The molecule has 66 valence electrons. The molecule has 0 aliphatic carbocycles. The van der Waals surface area contributed by atoms with Crippen LogP contribution in [0.2, 0.25) is 0 Å². The first-order chi connectivity index (χ1) is 5.81. The van der Waals surface area contributed by atoms with Crippen molar-refractivity contribution in [1.82, 2.24) is 4.90 Å². The summed E-state index contributed by atoms with van der Waals surface area (Å²) in [5.74, 6) is 0.677. The summed E-state index contributed by atoms with van der Waals surface area (Å²) in [5.41, 5.74) is 0. The van der Waals surface area contributed by atoms with Crippen LogP contribution in [0.15, 0.2) is 10.4 Å². The molecule has 0 aromatic carbocycles. The standard InChI is InChI=1S/C7H8FNOS2/c8-1-2-11-7-4-9-5(10)3-6(9)12-7/h4,6H,1-3H2/t6-/m1/s1. The van der Waals surface area contributed by atoms with Crippen LogP contribution in [0.1, 0.15) is 6.42 Å². The molecule has 2 aliphatic heterocycles. The zero-order valence-electron chi connectivity index (χ0n) is 6.33. The molecule has 12 heavy (non-hydrogen) atoms. The molecule has 0 bridgehead atoms. The lowest BCUT2D eigenvalue weighted by Crippen LogP contribution is -2.44. The number of fused-ring (bicyclic) bond motifs is 1. The highest BCUT2D eigenvalue weighted by atomic mass is 32.2. The fraction of sp³-hybridized carbons (Fsp3) is 0.571. The minimum absolute atomic E-state index is 0.184. The fourth-order valence-corrected chi connectivity index (χ4v) is 3.43. The molecular formula is C7H8FNOS2. The fourth-order valence-electron chi connectivity index (χ4n) is 1.14. The summed E-state index contributed by atoms with van der Waals surface area (Å²) in [6.45, 7) is -0.304. The average molecular weight is 205 g/mol. The van der Waals surface area contributed by atoms with Crippen LogP contribution in [0.3, 0.4) is 0 Å². The van der Waals surface area contributed by atoms with E-state index in [9.17, 15) is 9.18 Å². The summed E-state index contributed by atoms with van der Waals surface area (Å²) >= 11 is 3.16. The SMILES string of the molecule is O=C1C[C@H]2SC(SCCF)=CN12. The van der Waals surface area contributed by atoms with E-state index in [0.717, 1.165) is 4.24 Å². The van der Waals surface area contributed by atoms with Crippen molar-refractivity contribution < 1.29 is 9.18 Å². The number of alkyl halides is 1. The monoisotopic (exact) mass is 205 g/mol. The van der Waals surface area contributed by atoms with Crippen LogP contribution in [-0.4, -0.2) is 28.6 Å². The molecule has 0 aromatic heterocycles. The third-order valence-corrected chi connectivity index (χ3v) is 4.16. The normalized spacial score (nSPS) is 26.8. The van der Waals surface area contributed by atoms with Crippen LogP contribution < -0.4 is 0 Å². The molecule has 1 atom stereocenters. The molecule has 0 radical (unpaired) electrons. The van der Waals surface area contributed by atoms with Crippen molar-refractivity contribution >= 4 is 29.4 Å². The van der Waals surface area contributed by atoms with Gasteiger partial charge in [0.15, 0.2) is 0 Å². The summed E-state index contributed by atoms with van der Waals surface area (Å²) in [4.78, 5) is 12.6. The predicted molar refractivity (Wildman–Crippen MR) is 49.4 cm³/mol. The van der Waals surface area contributed by atoms with Gasteiger partial charge in [0, 0.05) is 12.0 Å². The van der Waals surface area contributed by atoms with Crippen molar-refractivity contribution in [3.8, 4) is 0 Å². The van der Waals surface area contributed by atoms with Gasteiger partial charge in [-0.25, -0.2) is 0 Å². The molecule has 0 N–H and O–H groups in total. The number of carbonyl (C=O) groups is 1. The van der Waals surface area contributed by atoms with Gasteiger partial charge < -0.3 is 4.90 Å². The number of amides is 1. The zero-order valence-corrected chi connectivity index (χ0v) is 7.96. The Bertz CT molecular complexity index is 244. The number of halogens is 1. The number of hydrogen-bond donors (Lipinski definition) is 0. The van der Waals surface area contributed by atoms with Crippen LogP contribution in [0.25, 0.3) is 0 Å². The molecular weight excluding hydrogens is 197 g/mol.